The number of likely N-dealkylation sites (N-methyl/N-ethyl adjacent to an activating group) is 1. The van der Waals surface area contributed by atoms with Gasteiger partial charge in [-0.05, 0) is 30.7 Å². The Hall–Kier alpha value is -1.69. The summed E-state index contributed by atoms with van der Waals surface area (Å²) in [5.74, 6) is 0.284. The molecule has 1 N–H and O–H groups in total. The van der Waals surface area contributed by atoms with Crippen LogP contribution < -0.4 is 4.48 Å². The summed E-state index contributed by atoms with van der Waals surface area (Å²) in [5, 5.41) is 0. The summed E-state index contributed by atoms with van der Waals surface area (Å²) in [6, 6.07) is 14.6. The Morgan fingerprint density at radius 2 is 1.72 bits per heavy atom. The zero-order chi connectivity index (χ0) is 17.8. The van der Waals surface area contributed by atoms with Crippen LogP contribution in [-0.2, 0) is 9.84 Å². The van der Waals surface area contributed by atoms with Crippen molar-refractivity contribution in [3.8, 4) is 0 Å². The van der Waals surface area contributed by atoms with Crippen LogP contribution in [0.25, 0.3) is 5.73 Å². The lowest BCUT2D eigenvalue weighted by atomic mass is 9.80. The summed E-state index contributed by atoms with van der Waals surface area (Å²) >= 11 is 0. The maximum Gasteiger partial charge on any atom is 0.206 e. The van der Waals surface area contributed by atoms with Gasteiger partial charge in [0.2, 0.25) is 9.84 Å². The highest BCUT2D eigenvalue weighted by atomic mass is 32.2. The second kappa shape index (κ2) is 5.66. The number of rotatable bonds is 2. The van der Waals surface area contributed by atoms with Crippen molar-refractivity contribution < 1.29 is 8.42 Å². The third kappa shape index (κ3) is 2.53. The van der Waals surface area contributed by atoms with Crippen LogP contribution in [0.5, 0.6) is 0 Å². The smallest absolute Gasteiger partial charge is 0.206 e. The number of nitrogens with one attached hydrogen (secondary N) is 1. The van der Waals surface area contributed by atoms with E-state index >= 15 is 0 Å². The minimum absolute atomic E-state index is 0.0402. The Morgan fingerprint density at radius 1 is 1.00 bits per heavy atom. The van der Waals surface area contributed by atoms with Gasteiger partial charge >= 0.3 is 0 Å². The highest BCUT2D eigenvalue weighted by Gasteiger charge is 2.49. The molecule has 0 saturated heterocycles. The Balaban J connectivity index is 1.83. The number of quaternary nitrogens is 1. The molecule has 4 nitrogen and oxygen atoms in total. The van der Waals surface area contributed by atoms with E-state index in [2.05, 4.69) is 14.1 Å². The molecule has 1 heterocycles. The monoisotopic (exact) mass is 356 g/mol. The van der Waals surface area contributed by atoms with Crippen LogP contribution in [0.1, 0.15) is 30.7 Å². The number of fused-ring (bicyclic) bond motifs is 3. The van der Waals surface area contributed by atoms with Crippen LogP contribution in [0.2, 0.25) is 0 Å². The number of hydrogen-bond acceptors (Lipinski definition) is 2. The van der Waals surface area contributed by atoms with E-state index in [0.717, 1.165) is 29.3 Å². The summed E-state index contributed by atoms with van der Waals surface area (Å²) < 4.78 is 26.7. The van der Waals surface area contributed by atoms with Crippen molar-refractivity contribution in [1.82, 2.24) is 4.48 Å². The third-order valence-corrected chi connectivity index (χ3v) is 7.79. The van der Waals surface area contributed by atoms with Gasteiger partial charge in [-0.15, -0.1) is 6.04 Å². The molecule has 1 saturated carbocycles. The fraction of sp³-hybridized carbons (Fsp3) is 0.400. The molecule has 3 atom stereocenters. The minimum atomic E-state index is -3.50. The van der Waals surface area contributed by atoms with Gasteiger partial charge in [0.1, 0.15) is 11.7 Å². The van der Waals surface area contributed by atoms with E-state index in [4.69, 9.17) is 5.73 Å². The van der Waals surface area contributed by atoms with Gasteiger partial charge in [-0.2, -0.15) is 0 Å². The van der Waals surface area contributed by atoms with Crippen molar-refractivity contribution in [1.29, 1.82) is 0 Å². The molecule has 1 aliphatic carbocycles. The number of sulfone groups is 1. The molecule has 2 unspecified atom stereocenters. The first-order valence-electron chi connectivity index (χ1n) is 8.81. The molecule has 25 heavy (non-hydrogen) atoms. The lowest BCUT2D eigenvalue weighted by molar-refractivity contribution is 0.226. The molecular formula is C20H24N2O2S. The fourth-order valence-electron chi connectivity index (χ4n) is 4.70. The van der Waals surface area contributed by atoms with Crippen molar-refractivity contribution in [2.24, 2.45) is 0 Å². The Morgan fingerprint density at radius 3 is 2.44 bits per heavy atom. The van der Waals surface area contributed by atoms with Gasteiger partial charge in [0, 0.05) is 17.5 Å². The molecule has 1 aliphatic heterocycles. The lowest BCUT2D eigenvalue weighted by Gasteiger charge is -2.40. The predicted octanol–water partition coefficient (Wildman–Crippen LogP) is 4.16. The number of hydrogen-bond donors (Lipinski definition) is 0. The lowest BCUT2D eigenvalue weighted by Crippen LogP contribution is -2.50. The molecule has 132 valence electrons. The quantitative estimate of drug-likeness (QED) is 0.759. The van der Waals surface area contributed by atoms with Crippen molar-refractivity contribution in [3.63, 3.8) is 0 Å². The second-order valence-corrected chi connectivity index (χ2v) is 9.71. The van der Waals surface area contributed by atoms with Crippen molar-refractivity contribution >= 4 is 15.5 Å². The maximum atomic E-state index is 13.0. The topological polar surface area (TPSA) is 57.9 Å². The van der Waals surface area contributed by atoms with Gasteiger partial charge in [-0.25, -0.2) is 8.42 Å². The van der Waals surface area contributed by atoms with Crippen molar-refractivity contribution in [2.45, 2.75) is 47.1 Å². The zero-order valence-electron chi connectivity index (χ0n) is 14.6. The Kier molecular flexibility index (Phi) is 3.79. The van der Waals surface area contributed by atoms with Gasteiger partial charge < -0.3 is 5.73 Å². The fourth-order valence-corrected chi connectivity index (χ4v) is 6.01. The first-order chi connectivity index (χ1) is 11.8. The van der Waals surface area contributed by atoms with Gasteiger partial charge in [0.25, 0.3) is 0 Å². The Labute approximate surface area is 149 Å². The van der Waals surface area contributed by atoms with Gasteiger partial charge in [0.15, 0.2) is 0 Å². The van der Waals surface area contributed by atoms with Crippen molar-refractivity contribution in [3.05, 3.63) is 59.8 Å². The zero-order valence-corrected chi connectivity index (χ0v) is 15.5. The van der Waals surface area contributed by atoms with Crippen LogP contribution in [0, 0.1) is 0 Å². The maximum absolute atomic E-state index is 13.0. The molecule has 0 amide bonds. The minimum Gasteiger partial charge on any atom is -0.675 e. The molecule has 2 aromatic rings. The average Bonchev–Trinajstić information content (AvgIpc) is 2.82. The second-order valence-electron chi connectivity index (χ2n) is 7.76. The number of benzene rings is 2. The molecule has 0 aromatic heterocycles. The molecule has 2 aromatic carbocycles. The first kappa shape index (κ1) is 16.8. The van der Waals surface area contributed by atoms with E-state index < -0.39 is 9.84 Å². The normalized spacial score (nSPS) is 27.6. The van der Waals surface area contributed by atoms with Gasteiger partial charge in [-0.3, -0.25) is 4.48 Å². The SMILES string of the molecule is C[N+]1(C)c2ccc(S(=O)(=O)c3ccccc3)cc2C2C[C@@H]([NH-])CCC21. The first-order valence-corrected chi connectivity index (χ1v) is 10.3. The predicted molar refractivity (Wildman–Crippen MR) is 100 cm³/mol. The van der Waals surface area contributed by atoms with E-state index in [1.54, 1.807) is 30.3 Å². The summed E-state index contributed by atoms with van der Waals surface area (Å²) in [7, 11) is 0.912. The molecule has 0 radical (unpaired) electrons. The molecule has 1 fully saturated rings. The van der Waals surface area contributed by atoms with E-state index in [-0.39, 0.29) is 12.0 Å². The molecule has 0 bridgehead atoms. The molecule has 2 aliphatic rings. The third-order valence-electron chi connectivity index (χ3n) is 6.03. The van der Waals surface area contributed by atoms with Crippen molar-refractivity contribution in [2.75, 3.05) is 14.1 Å². The average molecular weight is 356 g/mol. The summed E-state index contributed by atoms with van der Waals surface area (Å²) in [5.41, 5.74) is 10.5. The van der Waals surface area contributed by atoms with Crippen LogP contribution in [0.3, 0.4) is 0 Å². The summed E-state index contributed by atoms with van der Waals surface area (Å²) in [4.78, 5) is 0.700. The Bertz CT molecular complexity index is 907. The number of nitrogens with zero attached hydrogens (tertiary/aromatic N) is 1. The molecule has 4 rings (SSSR count). The standard InChI is InChI=1S/C20H24N2O2S/c1-22(2)19-10-8-14(21)12-17(19)18-13-16(9-11-20(18)22)25(23,24)15-6-4-3-5-7-15/h3-7,9,11,13-14,17,19,21H,8,10,12H2,1-2H3/t14-,17?,19?/m0/s1. The van der Waals surface area contributed by atoms with Crippen LogP contribution in [0.15, 0.2) is 58.3 Å². The van der Waals surface area contributed by atoms with Crippen LogP contribution in [0.4, 0.5) is 5.69 Å². The van der Waals surface area contributed by atoms with E-state index in [0.29, 0.717) is 15.8 Å². The van der Waals surface area contributed by atoms with Crippen LogP contribution in [-0.4, -0.2) is 34.6 Å². The van der Waals surface area contributed by atoms with E-state index in [1.165, 1.54) is 5.69 Å². The molecule has 0 spiro atoms. The highest BCUT2D eigenvalue weighted by Crippen LogP contribution is 2.51. The van der Waals surface area contributed by atoms with Crippen LogP contribution >= 0.6 is 0 Å². The molecular weight excluding hydrogens is 332 g/mol. The largest absolute Gasteiger partial charge is 0.675 e. The molecule has 5 heteroatoms. The van der Waals surface area contributed by atoms with Gasteiger partial charge in [-0.1, -0.05) is 31.0 Å². The highest BCUT2D eigenvalue weighted by molar-refractivity contribution is 7.91. The van der Waals surface area contributed by atoms with E-state index in [9.17, 15) is 8.42 Å². The van der Waals surface area contributed by atoms with Gasteiger partial charge in [0.05, 0.1) is 23.9 Å². The van der Waals surface area contributed by atoms with E-state index in [1.807, 2.05) is 18.2 Å². The summed E-state index contributed by atoms with van der Waals surface area (Å²) in [6.45, 7) is 0. The summed E-state index contributed by atoms with van der Waals surface area (Å²) in [6.07, 6.45) is 2.79.